The van der Waals surface area contributed by atoms with E-state index in [4.69, 9.17) is 21.1 Å². The van der Waals surface area contributed by atoms with Gasteiger partial charge in [-0.05, 0) is 44.2 Å². The van der Waals surface area contributed by atoms with E-state index in [-0.39, 0.29) is 5.02 Å². The topological polar surface area (TPSA) is 47.6 Å². The summed E-state index contributed by atoms with van der Waals surface area (Å²) in [6.07, 6.45) is 0. The summed E-state index contributed by atoms with van der Waals surface area (Å²) in [5, 5.41) is 2.89. The van der Waals surface area contributed by atoms with Crippen molar-refractivity contribution in [2.45, 2.75) is 13.8 Å². The first-order valence-electron chi connectivity index (χ1n) is 7.21. The van der Waals surface area contributed by atoms with Crippen LogP contribution in [0.2, 0.25) is 5.02 Å². The van der Waals surface area contributed by atoms with Gasteiger partial charge in [-0.25, -0.2) is 4.39 Å². The van der Waals surface area contributed by atoms with E-state index in [0.717, 1.165) is 0 Å². The number of nitrogens with one attached hydrogen (secondary N) is 1. The molecule has 0 saturated carbocycles. The van der Waals surface area contributed by atoms with Gasteiger partial charge < -0.3 is 14.8 Å². The van der Waals surface area contributed by atoms with Crippen LogP contribution in [0.1, 0.15) is 24.2 Å². The van der Waals surface area contributed by atoms with Gasteiger partial charge in [0, 0.05) is 11.3 Å². The molecule has 0 aromatic heterocycles. The molecule has 4 nitrogen and oxygen atoms in total. The monoisotopic (exact) mass is 337 g/mol. The number of hydrogen-bond acceptors (Lipinski definition) is 3. The lowest BCUT2D eigenvalue weighted by Crippen LogP contribution is -2.12. The summed E-state index contributed by atoms with van der Waals surface area (Å²) in [7, 11) is 0. The van der Waals surface area contributed by atoms with Gasteiger partial charge in [-0.2, -0.15) is 0 Å². The molecule has 1 amide bonds. The Morgan fingerprint density at radius 2 is 1.91 bits per heavy atom. The van der Waals surface area contributed by atoms with Crippen molar-refractivity contribution < 1.29 is 18.7 Å². The van der Waals surface area contributed by atoms with Crippen LogP contribution in [0.15, 0.2) is 36.4 Å². The van der Waals surface area contributed by atoms with Gasteiger partial charge >= 0.3 is 0 Å². The van der Waals surface area contributed by atoms with Gasteiger partial charge in [0.2, 0.25) is 0 Å². The van der Waals surface area contributed by atoms with Gasteiger partial charge in [0.05, 0.1) is 18.2 Å². The summed E-state index contributed by atoms with van der Waals surface area (Å²) in [5.74, 6) is -0.0476. The lowest BCUT2D eigenvalue weighted by Gasteiger charge is -2.14. The Morgan fingerprint density at radius 1 is 1.17 bits per heavy atom. The van der Waals surface area contributed by atoms with E-state index in [9.17, 15) is 9.18 Å². The standard InChI is InChI=1S/C17H17ClFNO3/c1-3-22-15-9-11(8-14(18)16(15)23-4-2)17(21)20-13-7-5-6-12(19)10-13/h5-10H,3-4H2,1-2H3,(H,20,21). The maximum Gasteiger partial charge on any atom is 0.255 e. The number of halogens is 2. The van der Waals surface area contributed by atoms with Crippen molar-refractivity contribution in [2.24, 2.45) is 0 Å². The van der Waals surface area contributed by atoms with E-state index in [1.807, 2.05) is 13.8 Å². The summed E-state index contributed by atoms with van der Waals surface area (Å²) in [6, 6.07) is 8.69. The Hall–Kier alpha value is -2.27. The largest absolute Gasteiger partial charge is 0.490 e. The van der Waals surface area contributed by atoms with Crippen LogP contribution in [0.25, 0.3) is 0 Å². The Bertz CT molecular complexity index is 706. The minimum absolute atomic E-state index is 0.280. The van der Waals surface area contributed by atoms with Crippen molar-refractivity contribution in [3.05, 3.63) is 52.8 Å². The second-order valence-corrected chi connectivity index (χ2v) is 5.02. The zero-order valence-corrected chi connectivity index (χ0v) is 13.6. The third kappa shape index (κ3) is 4.36. The average Bonchev–Trinajstić information content (AvgIpc) is 2.50. The fourth-order valence-corrected chi connectivity index (χ4v) is 2.28. The summed E-state index contributed by atoms with van der Waals surface area (Å²) >= 11 is 6.18. The number of carbonyl (C=O) groups is 1. The third-order valence-electron chi connectivity index (χ3n) is 2.94. The van der Waals surface area contributed by atoms with E-state index in [0.29, 0.717) is 36.0 Å². The molecule has 2 rings (SSSR count). The maximum atomic E-state index is 13.2. The highest BCUT2D eigenvalue weighted by Crippen LogP contribution is 2.36. The van der Waals surface area contributed by atoms with Crippen molar-refractivity contribution in [3.8, 4) is 11.5 Å². The zero-order chi connectivity index (χ0) is 16.8. The Morgan fingerprint density at radius 3 is 2.57 bits per heavy atom. The van der Waals surface area contributed by atoms with Gasteiger partial charge in [0.15, 0.2) is 11.5 Å². The first-order chi connectivity index (χ1) is 11.0. The normalized spacial score (nSPS) is 10.3. The van der Waals surface area contributed by atoms with Crippen LogP contribution in [-0.4, -0.2) is 19.1 Å². The predicted molar refractivity (Wildman–Crippen MR) is 88.1 cm³/mol. The number of rotatable bonds is 6. The molecule has 1 N–H and O–H groups in total. The molecule has 0 fully saturated rings. The molecule has 2 aromatic carbocycles. The van der Waals surface area contributed by atoms with Crippen LogP contribution in [0.3, 0.4) is 0 Å². The highest BCUT2D eigenvalue weighted by atomic mass is 35.5. The molecule has 0 spiro atoms. The average molecular weight is 338 g/mol. The first-order valence-corrected chi connectivity index (χ1v) is 7.59. The Balaban J connectivity index is 2.29. The second kappa shape index (κ2) is 7.83. The van der Waals surface area contributed by atoms with Gasteiger partial charge in [0.1, 0.15) is 5.82 Å². The molecule has 0 radical (unpaired) electrons. The smallest absolute Gasteiger partial charge is 0.255 e. The fraction of sp³-hybridized carbons (Fsp3) is 0.235. The van der Waals surface area contributed by atoms with Gasteiger partial charge in [-0.1, -0.05) is 17.7 Å². The molecule has 0 unspecified atom stereocenters. The quantitative estimate of drug-likeness (QED) is 0.842. The summed E-state index contributed by atoms with van der Waals surface area (Å²) < 4.78 is 24.1. The highest BCUT2D eigenvalue weighted by Gasteiger charge is 2.16. The highest BCUT2D eigenvalue weighted by molar-refractivity contribution is 6.32. The van der Waals surface area contributed by atoms with Gasteiger partial charge in [0.25, 0.3) is 5.91 Å². The summed E-state index contributed by atoms with van der Waals surface area (Å²) in [6.45, 7) is 4.49. The third-order valence-corrected chi connectivity index (χ3v) is 3.22. The van der Waals surface area contributed by atoms with Crippen molar-refractivity contribution in [3.63, 3.8) is 0 Å². The van der Waals surface area contributed by atoms with E-state index >= 15 is 0 Å². The predicted octanol–water partition coefficient (Wildman–Crippen LogP) is 4.53. The molecule has 0 bridgehead atoms. The van der Waals surface area contributed by atoms with Gasteiger partial charge in [-0.15, -0.1) is 0 Å². The first kappa shape index (κ1) is 17.1. The van der Waals surface area contributed by atoms with Crippen LogP contribution in [-0.2, 0) is 0 Å². The van der Waals surface area contributed by atoms with Gasteiger partial charge in [-0.3, -0.25) is 4.79 Å². The zero-order valence-electron chi connectivity index (χ0n) is 12.9. The maximum absolute atomic E-state index is 13.2. The molecule has 0 heterocycles. The lowest BCUT2D eigenvalue weighted by atomic mass is 10.1. The lowest BCUT2D eigenvalue weighted by molar-refractivity contribution is 0.102. The molecular weight excluding hydrogens is 321 g/mol. The molecule has 23 heavy (non-hydrogen) atoms. The van der Waals surface area contributed by atoms with E-state index in [1.54, 1.807) is 12.1 Å². The van der Waals surface area contributed by atoms with Crippen molar-refractivity contribution in [1.29, 1.82) is 0 Å². The van der Waals surface area contributed by atoms with Crippen LogP contribution < -0.4 is 14.8 Å². The molecule has 2 aromatic rings. The van der Waals surface area contributed by atoms with Crippen molar-refractivity contribution in [2.75, 3.05) is 18.5 Å². The molecule has 0 saturated heterocycles. The minimum Gasteiger partial charge on any atom is -0.490 e. The number of anilines is 1. The Kier molecular flexibility index (Phi) is 5.82. The number of benzene rings is 2. The number of carbonyl (C=O) groups excluding carboxylic acids is 1. The fourth-order valence-electron chi connectivity index (χ4n) is 2.02. The van der Waals surface area contributed by atoms with Crippen LogP contribution in [0.5, 0.6) is 11.5 Å². The minimum atomic E-state index is -0.428. The number of amides is 1. The molecule has 0 aliphatic heterocycles. The summed E-state index contributed by atoms with van der Waals surface area (Å²) in [4.78, 5) is 12.3. The molecular formula is C17H17ClFNO3. The van der Waals surface area contributed by atoms with E-state index < -0.39 is 11.7 Å². The summed E-state index contributed by atoms with van der Waals surface area (Å²) in [5.41, 5.74) is 0.657. The van der Waals surface area contributed by atoms with Crippen LogP contribution in [0, 0.1) is 5.82 Å². The number of hydrogen-bond donors (Lipinski definition) is 1. The Labute approximate surface area is 139 Å². The second-order valence-electron chi connectivity index (χ2n) is 4.62. The SMILES string of the molecule is CCOc1cc(C(=O)Nc2cccc(F)c2)cc(Cl)c1OCC. The molecule has 0 aliphatic carbocycles. The van der Waals surface area contributed by atoms with E-state index in [2.05, 4.69) is 5.32 Å². The van der Waals surface area contributed by atoms with Crippen molar-refractivity contribution in [1.82, 2.24) is 0 Å². The van der Waals surface area contributed by atoms with Crippen LogP contribution in [0.4, 0.5) is 10.1 Å². The molecule has 0 aliphatic rings. The van der Waals surface area contributed by atoms with Crippen LogP contribution >= 0.6 is 11.6 Å². The van der Waals surface area contributed by atoms with Crippen molar-refractivity contribution >= 4 is 23.2 Å². The molecule has 122 valence electrons. The van der Waals surface area contributed by atoms with E-state index in [1.165, 1.54) is 24.3 Å². The molecule has 0 atom stereocenters. The number of ether oxygens (including phenoxy) is 2. The molecule has 6 heteroatoms.